The van der Waals surface area contributed by atoms with E-state index >= 15 is 0 Å². The Balaban J connectivity index is 1.86. The highest BCUT2D eigenvalue weighted by molar-refractivity contribution is 7.11. The van der Waals surface area contributed by atoms with Crippen molar-refractivity contribution in [3.05, 3.63) is 33.5 Å². The van der Waals surface area contributed by atoms with Gasteiger partial charge in [-0.15, -0.1) is 11.3 Å². The van der Waals surface area contributed by atoms with Crippen LogP contribution in [0, 0.1) is 13.8 Å². The quantitative estimate of drug-likeness (QED) is 0.881. The van der Waals surface area contributed by atoms with Crippen LogP contribution in [0.2, 0.25) is 0 Å². The average molecular weight is 278 g/mol. The van der Waals surface area contributed by atoms with Crippen LogP contribution in [-0.2, 0) is 11.2 Å². The molecule has 2 aromatic heterocycles. The van der Waals surface area contributed by atoms with Crippen LogP contribution in [0.4, 0.5) is 0 Å². The third-order valence-electron chi connectivity index (χ3n) is 2.92. The number of carbonyl (C=O) groups is 1. The number of nitrogens with one attached hydrogen (secondary N) is 2. The fourth-order valence-corrected chi connectivity index (χ4v) is 2.92. The molecule has 0 bridgehead atoms. The van der Waals surface area contributed by atoms with Crippen molar-refractivity contribution in [2.24, 2.45) is 0 Å². The lowest BCUT2D eigenvalue weighted by atomic mass is 10.1. The van der Waals surface area contributed by atoms with Gasteiger partial charge in [-0.3, -0.25) is 9.89 Å². The van der Waals surface area contributed by atoms with Crippen LogP contribution >= 0.6 is 11.3 Å². The Hall–Kier alpha value is -1.69. The number of H-pyrrole nitrogens is 1. The van der Waals surface area contributed by atoms with Crippen LogP contribution in [0.25, 0.3) is 0 Å². The molecule has 2 rings (SSSR count). The molecule has 0 spiro atoms. The number of aryl methyl sites for hydroxylation is 3. The standard InChI is InChI=1S/C13H18N4OS/c1-8(13-9(2)19-10(3)17-13)16-12(18)5-4-11-6-14-15-7-11/h6-8H,4-5H2,1-3H3,(H,14,15)(H,16,18)/t8-/m0/s1. The zero-order chi connectivity index (χ0) is 13.8. The zero-order valence-electron chi connectivity index (χ0n) is 11.4. The summed E-state index contributed by atoms with van der Waals surface area (Å²) in [6.45, 7) is 5.99. The highest BCUT2D eigenvalue weighted by atomic mass is 32.1. The SMILES string of the molecule is Cc1nc([C@H](C)NC(=O)CCc2cn[nH]c2)c(C)s1. The van der Waals surface area contributed by atoms with E-state index in [4.69, 9.17) is 0 Å². The minimum atomic E-state index is -0.0400. The van der Waals surface area contributed by atoms with Crippen molar-refractivity contribution in [1.29, 1.82) is 0 Å². The van der Waals surface area contributed by atoms with Crippen molar-refractivity contribution >= 4 is 17.2 Å². The van der Waals surface area contributed by atoms with E-state index in [9.17, 15) is 4.79 Å². The summed E-state index contributed by atoms with van der Waals surface area (Å²) < 4.78 is 0. The van der Waals surface area contributed by atoms with Gasteiger partial charge >= 0.3 is 0 Å². The maximum Gasteiger partial charge on any atom is 0.220 e. The third-order valence-corrected chi connectivity index (χ3v) is 3.82. The van der Waals surface area contributed by atoms with Crippen molar-refractivity contribution in [3.8, 4) is 0 Å². The first kappa shape index (κ1) is 13.7. The molecule has 1 atom stereocenters. The highest BCUT2D eigenvalue weighted by Crippen LogP contribution is 2.22. The summed E-state index contributed by atoms with van der Waals surface area (Å²) in [5.74, 6) is 0.0405. The molecule has 19 heavy (non-hydrogen) atoms. The van der Waals surface area contributed by atoms with E-state index in [1.807, 2.05) is 27.0 Å². The second kappa shape index (κ2) is 5.97. The molecule has 0 saturated heterocycles. The molecule has 1 amide bonds. The summed E-state index contributed by atoms with van der Waals surface area (Å²) in [4.78, 5) is 17.5. The Morgan fingerprint density at radius 1 is 1.53 bits per heavy atom. The van der Waals surface area contributed by atoms with Crippen LogP contribution < -0.4 is 5.32 Å². The molecule has 0 aliphatic heterocycles. The number of thiazole rings is 1. The smallest absolute Gasteiger partial charge is 0.220 e. The van der Waals surface area contributed by atoms with Gasteiger partial charge < -0.3 is 5.32 Å². The maximum atomic E-state index is 11.9. The molecule has 2 aromatic rings. The van der Waals surface area contributed by atoms with Crippen LogP contribution in [0.1, 0.15) is 40.5 Å². The van der Waals surface area contributed by atoms with E-state index in [1.54, 1.807) is 17.5 Å². The molecule has 0 unspecified atom stereocenters. The van der Waals surface area contributed by atoms with E-state index < -0.39 is 0 Å². The second-order valence-corrected chi connectivity index (χ2v) is 5.98. The number of nitrogens with zero attached hydrogens (tertiary/aromatic N) is 2. The molecule has 0 fully saturated rings. The molecule has 0 aromatic carbocycles. The average Bonchev–Trinajstić information content (AvgIpc) is 2.96. The number of amides is 1. The largest absolute Gasteiger partial charge is 0.348 e. The molecule has 0 radical (unpaired) electrons. The van der Waals surface area contributed by atoms with Gasteiger partial charge in [0.1, 0.15) is 0 Å². The van der Waals surface area contributed by atoms with Gasteiger partial charge in [0, 0.05) is 17.5 Å². The van der Waals surface area contributed by atoms with E-state index in [0.29, 0.717) is 12.8 Å². The van der Waals surface area contributed by atoms with Crippen molar-refractivity contribution in [2.75, 3.05) is 0 Å². The number of aromatic amines is 1. The number of aromatic nitrogens is 3. The first-order valence-corrected chi connectivity index (χ1v) is 7.09. The van der Waals surface area contributed by atoms with E-state index in [1.165, 1.54) is 4.88 Å². The van der Waals surface area contributed by atoms with Gasteiger partial charge in [0.05, 0.1) is 22.9 Å². The predicted molar refractivity (Wildman–Crippen MR) is 75.1 cm³/mol. The van der Waals surface area contributed by atoms with Crippen molar-refractivity contribution in [1.82, 2.24) is 20.5 Å². The van der Waals surface area contributed by atoms with Gasteiger partial charge in [-0.2, -0.15) is 5.10 Å². The Kier molecular flexibility index (Phi) is 4.31. The molecule has 0 aliphatic carbocycles. The lowest BCUT2D eigenvalue weighted by Crippen LogP contribution is -2.27. The maximum absolute atomic E-state index is 11.9. The number of hydrogen-bond acceptors (Lipinski definition) is 4. The van der Waals surface area contributed by atoms with Gasteiger partial charge in [0.25, 0.3) is 0 Å². The van der Waals surface area contributed by atoms with E-state index in [0.717, 1.165) is 16.3 Å². The van der Waals surface area contributed by atoms with Gasteiger partial charge in [-0.05, 0) is 32.8 Å². The predicted octanol–water partition coefficient (Wildman–Crippen LogP) is 2.29. The fraction of sp³-hybridized carbons (Fsp3) is 0.462. The van der Waals surface area contributed by atoms with Gasteiger partial charge in [0.15, 0.2) is 0 Å². The summed E-state index contributed by atoms with van der Waals surface area (Å²) in [6, 6.07) is -0.0400. The molecule has 102 valence electrons. The first-order chi connectivity index (χ1) is 9.06. The summed E-state index contributed by atoms with van der Waals surface area (Å²) in [5.41, 5.74) is 2.02. The van der Waals surface area contributed by atoms with Crippen LogP contribution in [0.5, 0.6) is 0 Å². The molecular formula is C13H18N4OS. The van der Waals surface area contributed by atoms with Crippen LogP contribution in [0.3, 0.4) is 0 Å². The minimum absolute atomic E-state index is 0.0400. The van der Waals surface area contributed by atoms with Gasteiger partial charge in [0.2, 0.25) is 5.91 Å². The summed E-state index contributed by atoms with van der Waals surface area (Å²) in [6.07, 6.45) is 4.71. The molecule has 0 saturated carbocycles. The summed E-state index contributed by atoms with van der Waals surface area (Å²) in [7, 11) is 0. The molecule has 6 heteroatoms. The lowest BCUT2D eigenvalue weighted by molar-refractivity contribution is -0.121. The first-order valence-electron chi connectivity index (χ1n) is 6.27. The van der Waals surface area contributed by atoms with Gasteiger partial charge in [-0.25, -0.2) is 4.98 Å². The number of carbonyl (C=O) groups excluding carboxylic acids is 1. The molecule has 0 aliphatic rings. The second-order valence-electron chi connectivity index (χ2n) is 4.57. The van der Waals surface area contributed by atoms with E-state index in [2.05, 4.69) is 20.5 Å². The Labute approximate surface area is 116 Å². The highest BCUT2D eigenvalue weighted by Gasteiger charge is 2.15. The number of rotatable bonds is 5. The Morgan fingerprint density at radius 2 is 2.32 bits per heavy atom. The van der Waals surface area contributed by atoms with E-state index in [-0.39, 0.29) is 11.9 Å². The lowest BCUT2D eigenvalue weighted by Gasteiger charge is -2.12. The Bertz CT molecular complexity index is 547. The molecule has 2 heterocycles. The third kappa shape index (κ3) is 3.64. The fourth-order valence-electron chi connectivity index (χ4n) is 2.00. The van der Waals surface area contributed by atoms with Crippen molar-refractivity contribution in [3.63, 3.8) is 0 Å². The summed E-state index contributed by atoms with van der Waals surface area (Å²) >= 11 is 1.66. The monoisotopic (exact) mass is 278 g/mol. The summed E-state index contributed by atoms with van der Waals surface area (Å²) in [5, 5.41) is 10.6. The number of hydrogen-bond donors (Lipinski definition) is 2. The molecule has 2 N–H and O–H groups in total. The zero-order valence-corrected chi connectivity index (χ0v) is 12.2. The van der Waals surface area contributed by atoms with Crippen LogP contribution in [-0.4, -0.2) is 21.1 Å². The minimum Gasteiger partial charge on any atom is -0.348 e. The normalized spacial score (nSPS) is 12.4. The Morgan fingerprint density at radius 3 is 2.89 bits per heavy atom. The molecular weight excluding hydrogens is 260 g/mol. The van der Waals surface area contributed by atoms with Crippen molar-refractivity contribution < 1.29 is 4.79 Å². The van der Waals surface area contributed by atoms with Gasteiger partial charge in [-0.1, -0.05) is 0 Å². The van der Waals surface area contributed by atoms with Crippen molar-refractivity contribution in [2.45, 2.75) is 39.7 Å². The van der Waals surface area contributed by atoms with Crippen LogP contribution in [0.15, 0.2) is 12.4 Å². The topological polar surface area (TPSA) is 70.7 Å². The molecule has 5 nitrogen and oxygen atoms in total.